The maximum atomic E-state index is 12.2. The van der Waals surface area contributed by atoms with Crippen LogP contribution >= 0.6 is 0 Å². The summed E-state index contributed by atoms with van der Waals surface area (Å²) in [6.07, 6.45) is 1.22. The van der Waals surface area contributed by atoms with E-state index in [1.54, 1.807) is 23.1 Å². The van der Waals surface area contributed by atoms with Crippen LogP contribution in [0.1, 0.15) is 18.7 Å². The van der Waals surface area contributed by atoms with Gasteiger partial charge in [0.25, 0.3) is 5.56 Å². The van der Waals surface area contributed by atoms with E-state index >= 15 is 0 Å². The molecule has 1 aromatic carbocycles. The average Bonchev–Trinajstić information content (AvgIpc) is 3.03. The second-order valence-corrected chi connectivity index (χ2v) is 5.76. The number of nitrogens with two attached hydrogens (primary N) is 1. The Bertz CT molecular complexity index is 814. The minimum Gasteiger partial charge on any atom is -0.369 e. The fourth-order valence-corrected chi connectivity index (χ4v) is 2.86. The Kier molecular flexibility index (Phi) is 4.10. The molecule has 0 bridgehead atoms. The van der Waals surface area contributed by atoms with E-state index in [1.807, 2.05) is 6.07 Å². The highest BCUT2D eigenvalue weighted by molar-refractivity contribution is 5.81. The second-order valence-electron chi connectivity index (χ2n) is 5.76. The second kappa shape index (κ2) is 6.20. The zero-order chi connectivity index (χ0) is 16.4. The Labute approximate surface area is 132 Å². The summed E-state index contributed by atoms with van der Waals surface area (Å²) in [7, 11) is 0. The number of nitrogens with zero attached hydrogens (tertiary/aromatic N) is 2. The van der Waals surface area contributed by atoms with Crippen LogP contribution in [-0.2, 0) is 16.0 Å². The molecule has 2 amide bonds. The molecule has 0 saturated carbocycles. The number of hydrogen-bond acceptors (Lipinski definition) is 4. The maximum absolute atomic E-state index is 12.2. The molecule has 0 spiro atoms. The van der Waals surface area contributed by atoms with E-state index in [0.717, 1.165) is 0 Å². The topological polar surface area (TPSA) is 109 Å². The number of aromatic amines is 1. The molecule has 0 unspecified atom stereocenters. The van der Waals surface area contributed by atoms with Crippen molar-refractivity contribution in [3.63, 3.8) is 0 Å². The van der Waals surface area contributed by atoms with Gasteiger partial charge in [-0.15, -0.1) is 0 Å². The van der Waals surface area contributed by atoms with Gasteiger partial charge in [0.05, 0.1) is 16.8 Å². The number of benzene rings is 1. The number of nitrogens with one attached hydrogen (secondary N) is 1. The highest BCUT2D eigenvalue weighted by atomic mass is 16.2. The number of para-hydroxylation sites is 1. The van der Waals surface area contributed by atoms with Gasteiger partial charge in [-0.1, -0.05) is 12.1 Å². The van der Waals surface area contributed by atoms with Gasteiger partial charge in [0.15, 0.2) is 0 Å². The Morgan fingerprint density at radius 2 is 2.13 bits per heavy atom. The van der Waals surface area contributed by atoms with Crippen LogP contribution in [0.5, 0.6) is 0 Å². The Balaban J connectivity index is 1.66. The number of carbonyl (C=O) groups is 2. The number of fused-ring (bicyclic) bond motifs is 1. The van der Waals surface area contributed by atoms with Crippen molar-refractivity contribution in [2.24, 2.45) is 11.7 Å². The van der Waals surface area contributed by atoms with E-state index in [1.165, 1.54) is 0 Å². The van der Waals surface area contributed by atoms with Crippen LogP contribution in [0.4, 0.5) is 0 Å². The van der Waals surface area contributed by atoms with Gasteiger partial charge in [0.2, 0.25) is 11.8 Å². The molecule has 3 N–H and O–H groups in total. The number of amides is 2. The molecule has 23 heavy (non-hydrogen) atoms. The lowest BCUT2D eigenvalue weighted by Gasteiger charge is -2.15. The molecular formula is C16H18N4O3. The van der Waals surface area contributed by atoms with Crippen molar-refractivity contribution in [2.45, 2.75) is 19.3 Å². The van der Waals surface area contributed by atoms with Gasteiger partial charge < -0.3 is 15.6 Å². The Morgan fingerprint density at radius 1 is 1.35 bits per heavy atom. The number of rotatable bonds is 4. The summed E-state index contributed by atoms with van der Waals surface area (Å²) in [4.78, 5) is 44.0. The normalized spacial score (nSPS) is 17.6. The van der Waals surface area contributed by atoms with E-state index in [2.05, 4.69) is 9.97 Å². The number of aryl methyl sites for hydroxylation is 1. The molecule has 0 radical (unpaired) electrons. The molecule has 1 fully saturated rings. The average molecular weight is 314 g/mol. The fourth-order valence-electron chi connectivity index (χ4n) is 2.86. The van der Waals surface area contributed by atoms with Gasteiger partial charge in [0, 0.05) is 25.9 Å². The summed E-state index contributed by atoms with van der Waals surface area (Å²) in [6.45, 7) is 0.934. The van der Waals surface area contributed by atoms with Gasteiger partial charge in [-0.3, -0.25) is 14.4 Å². The molecule has 1 aliphatic rings. The predicted molar refractivity (Wildman–Crippen MR) is 84.6 cm³/mol. The first-order chi connectivity index (χ1) is 11.0. The minimum atomic E-state index is -0.360. The number of primary amides is 1. The fraction of sp³-hybridized carbons (Fsp3) is 0.375. The standard InChI is InChI=1S/C16H18N4O3/c17-15(22)10-7-8-20(9-10)14(21)6-5-13-18-12-4-2-1-3-11(12)16(23)19-13/h1-4,10H,5-9H2,(H2,17,22)(H,18,19,23)/t10-/m0/s1. The van der Waals surface area contributed by atoms with Crippen molar-refractivity contribution in [1.29, 1.82) is 0 Å². The van der Waals surface area contributed by atoms with Crippen LogP contribution < -0.4 is 11.3 Å². The number of H-pyrrole nitrogens is 1. The summed E-state index contributed by atoms with van der Waals surface area (Å²) in [5.74, 6) is -0.171. The highest BCUT2D eigenvalue weighted by Gasteiger charge is 2.29. The third-order valence-corrected chi connectivity index (χ3v) is 4.18. The van der Waals surface area contributed by atoms with Crippen LogP contribution in [0.15, 0.2) is 29.1 Å². The predicted octanol–water partition coefficient (Wildman–Crippen LogP) is 0.189. The zero-order valence-corrected chi connectivity index (χ0v) is 12.6. The van der Waals surface area contributed by atoms with Crippen molar-refractivity contribution in [1.82, 2.24) is 14.9 Å². The molecule has 120 valence electrons. The van der Waals surface area contributed by atoms with Crippen molar-refractivity contribution in [3.8, 4) is 0 Å². The first kappa shape index (κ1) is 15.2. The summed E-state index contributed by atoms with van der Waals surface area (Å²) >= 11 is 0. The molecule has 0 aliphatic carbocycles. The van der Waals surface area contributed by atoms with Crippen LogP contribution in [0.25, 0.3) is 10.9 Å². The largest absolute Gasteiger partial charge is 0.369 e. The van der Waals surface area contributed by atoms with Crippen molar-refractivity contribution in [2.75, 3.05) is 13.1 Å². The molecule has 7 heteroatoms. The van der Waals surface area contributed by atoms with Crippen molar-refractivity contribution >= 4 is 22.7 Å². The molecule has 1 aromatic heterocycles. The van der Waals surface area contributed by atoms with E-state index in [-0.39, 0.29) is 29.7 Å². The number of likely N-dealkylation sites (tertiary alicyclic amines) is 1. The van der Waals surface area contributed by atoms with E-state index < -0.39 is 0 Å². The smallest absolute Gasteiger partial charge is 0.258 e. The number of aromatic nitrogens is 2. The maximum Gasteiger partial charge on any atom is 0.258 e. The lowest BCUT2D eigenvalue weighted by atomic mass is 10.1. The van der Waals surface area contributed by atoms with Gasteiger partial charge in [-0.2, -0.15) is 0 Å². The van der Waals surface area contributed by atoms with Crippen molar-refractivity contribution < 1.29 is 9.59 Å². The van der Waals surface area contributed by atoms with E-state index in [0.29, 0.717) is 42.7 Å². The van der Waals surface area contributed by atoms with Crippen molar-refractivity contribution in [3.05, 3.63) is 40.4 Å². The lowest BCUT2D eigenvalue weighted by Crippen LogP contribution is -2.32. The lowest BCUT2D eigenvalue weighted by molar-refractivity contribution is -0.130. The van der Waals surface area contributed by atoms with Crippen LogP contribution in [0.3, 0.4) is 0 Å². The molecule has 1 aliphatic heterocycles. The number of carbonyl (C=O) groups excluding carboxylic acids is 2. The number of hydrogen-bond donors (Lipinski definition) is 2. The minimum absolute atomic E-state index is 0.0513. The van der Waals surface area contributed by atoms with Crippen LogP contribution in [0.2, 0.25) is 0 Å². The third kappa shape index (κ3) is 3.23. The first-order valence-corrected chi connectivity index (χ1v) is 7.59. The quantitative estimate of drug-likeness (QED) is 0.839. The molecule has 1 saturated heterocycles. The van der Waals surface area contributed by atoms with Gasteiger partial charge in [-0.25, -0.2) is 4.98 Å². The Hall–Kier alpha value is -2.70. The highest BCUT2D eigenvalue weighted by Crippen LogP contribution is 2.17. The van der Waals surface area contributed by atoms with Gasteiger partial charge >= 0.3 is 0 Å². The summed E-state index contributed by atoms with van der Waals surface area (Å²) in [5, 5.41) is 0.534. The third-order valence-electron chi connectivity index (χ3n) is 4.18. The summed E-state index contributed by atoms with van der Waals surface area (Å²) < 4.78 is 0. The molecule has 3 rings (SSSR count). The first-order valence-electron chi connectivity index (χ1n) is 7.59. The van der Waals surface area contributed by atoms with Crippen LogP contribution in [-0.4, -0.2) is 39.8 Å². The molecule has 2 aromatic rings. The zero-order valence-electron chi connectivity index (χ0n) is 12.6. The molecule has 1 atom stereocenters. The SMILES string of the molecule is NC(=O)[C@H]1CCN(C(=O)CCc2nc3ccccc3c(=O)[nH]2)C1. The van der Waals surface area contributed by atoms with E-state index in [4.69, 9.17) is 5.73 Å². The summed E-state index contributed by atoms with van der Waals surface area (Å²) in [5.41, 5.74) is 5.69. The Morgan fingerprint density at radius 3 is 2.87 bits per heavy atom. The van der Waals surface area contributed by atoms with Crippen LogP contribution in [0, 0.1) is 5.92 Å². The van der Waals surface area contributed by atoms with Gasteiger partial charge in [-0.05, 0) is 18.6 Å². The van der Waals surface area contributed by atoms with E-state index in [9.17, 15) is 14.4 Å². The monoisotopic (exact) mass is 314 g/mol. The van der Waals surface area contributed by atoms with Gasteiger partial charge in [0.1, 0.15) is 5.82 Å². The molecule has 7 nitrogen and oxygen atoms in total. The molecule has 2 heterocycles. The summed E-state index contributed by atoms with van der Waals surface area (Å²) in [6, 6.07) is 7.08. The molecular weight excluding hydrogens is 296 g/mol.